The number of aromatic nitrogens is 3. The van der Waals surface area contributed by atoms with Gasteiger partial charge in [0.1, 0.15) is 0 Å². The molecule has 5 nitrogen and oxygen atoms in total. The number of halogens is 2. The summed E-state index contributed by atoms with van der Waals surface area (Å²) in [5, 5.41) is 16.7. The zero-order valence-corrected chi connectivity index (χ0v) is 5.79. The van der Waals surface area contributed by atoms with Crippen LogP contribution in [0.3, 0.4) is 0 Å². The number of hydrogen-bond donors (Lipinski definition) is 2. The third kappa shape index (κ3) is 1.74. The number of nitrogens with one attached hydrogen (secondary N) is 1. The number of aromatic amines is 1. The van der Waals surface area contributed by atoms with Crippen LogP contribution in [0.25, 0.3) is 0 Å². The number of alkyl halides is 2. The van der Waals surface area contributed by atoms with Gasteiger partial charge in [-0.15, -0.1) is 0 Å². The molecule has 66 valence electrons. The van der Waals surface area contributed by atoms with Gasteiger partial charge in [-0.05, 0) is 0 Å². The normalized spacial score (nSPS) is 11.5. The SMILES string of the molecule is O=C(O)C(F)(F)Cc1cn[nH]n1. The van der Waals surface area contributed by atoms with Crippen molar-refractivity contribution in [3.05, 3.63) is 11.9 Å². The number of rotatable bonds is 3. The lowest BCUT2D eigenvalue weighted by molar-refractivity contribution is -0.164. The lowest BCUT2D eigenvalue weighted by Crippen LogP contribution is -2.30. The van der Waals surface area contributed by atoms with E-state index in [-0.39, 0.29) is 5.69 Å². The van der Waals surface area contributed by atoms with Crippen LogP contribution >= 0.6 is 0 Å². The maximum absolute atomic E-state index is 12.4. The highest BCUT2D eigenvalue weighted by Crippen LogP contribution is 2.18. The average Bonchev–Trinajstić information content (AvgIpc) is 2.38. The fourth-order valence-corrected chi connectivity index (χ4v) is 0.614. The summed E-state index contributed by atoms with van der Waals surface area (Å²) in [4.78, 5) is 9.94. The van der Waals surface area contributed by atoms with Gasteiger partial charge >= 0.3 is 11.9 Å². The van der Waals surface area contributed by atoms with Crippen molar-refractivity contribution in [1.29, 1.82) is 0 Å². The molecule has 0 fully saturated rings. The van der Waals surface area contributed by atoms with Crippen LogP contribution in [0, 0.1) is 0 Å². The van der Waals surface area contributed by atoms with Crippen molar-refractivity contribution >= 4 is 5.97 Å². The van der Waals surface area contributed by atoms with Crippen LogP contribution < -0.4 is 0 Å². The summed E-state index contributed by atoms with van der Waals surface area (Å²) in [6, 6.07) is 0. The minimum Gasteiger partial charge on any atom is -0.477 e. The maximum Gasteiger partial charge on any atom is 0.374 e. The molecule has 0 aromatic carbocycles. The van der Waals surface area contributed by atoms with Gasteiger partial charge in [-0.25, -0.2) is 4.79 Å². The Balaban J connectivity index is 2.69. The van der Waals surface area contributed by atoms with Gasteiger partial charge in [0.25, 0.3) is 0 Å². The van der Waals surface area contributed by atoms with Crippen molar-refractivity contribution in [2.24, 2.45) is 0 Å². The number of hydrogen-bond acceptors (Lipinski definition) is 3. The molecule has 1 rings (SSSR count). The summed E-state index contributed by atoms with van der Waals surface area (Å²) < 4.78 is 24.9. The highest BCUT2D eigenvalue weighted by molar-refractivity contribution is 5.75. The van der Waals surface area contributed by atoms with Crippen molar-refractivity contribution in [2.45, 2.75) is 12.3 Å². The molecular formula is C5H5F2N3O2. The monoisotopic (exact) mass is 177 g/mol. The summed E-state index contributed by atoms with van der Waals surface area (Å²) >= 11 is 0. The number of nitrogens with zero attached hydrogens (tertiary/aromatic N) is 2. The highest BCUT2D eigenvalue weighted by atomic mass is 19.3. The van der Waals surface area contributed by atoms with Gasteiger partial charge in [-0.2, -0.15) is 24.2 Å². The first-order chi connectivity index (χ1) is 5.52. The highest BCUT2D eigenvalue weighted by Gasteiger charge is 2.39. The number of H-pyrrole nitrogens is 1. The Hall–Kier alpha value is -1.53. The first kappa shape index (κ1) is 8.57. The van der Waals surface area contributed by atoms with E-state index in [0.29, 0.717) is 0 Å². The Kier molecular flexibility index (Phi) is 2.03. The second kappa shape index (κ2) is 2.84. The number of carboxylic acids is 1. The van der Waals surface area contributed by atoms with Crippen molar-refractivity contribution < 1.29 is 18.7 Å². The quantitative estimate of drug-likeness (QED) is 0.684. The number of aliphatic carboxylic acids is 1. The van der Waals surface area contributed by atoms with Gasteiger partial charge in [0.2, 0.25) is 0 Å². The molecule has 0 bridgehead atoms. The Morgan fingerprint density at radius 3 is 2.83 bits per heavy atom. The Morgan fingerprint density at radius 1 is 1.75 bits per heavy atom. The fraction of sp³-hybridized carbons (Fsp3) is 0.400. The Labute approximate surface area is 65.4 Å². The molecule has 0 atom stereocenters. The van der Waals surface area contributed by atoms with Crippen molar-refractivity contribution in [3.63, 3.8) is 0 Å². The number of carboxylic acid groups (broad SMARTS) is 1. The zero-order valence-electron chi connectivity index (χ0n) is 5.79. The summed E-state index contributed by atoms with van der Waals surface area (Å²) in [5.74, 6) is -5.94. The van der Waals surface area contributed by atoms with Gasteiger partial charge in [-0.3, -0.25) is 0 Å². The minimum absolute atomic E-state index is 0.0811. The minimum atomic E-state index is -3.78. The molecule has 0 aliphatic carbocycles. The summed E-state index contributed by atoms with van der Waals surface area (Å²) in [7, 11) is 0. The van der Waals surface area contributed by atoms with Crippen LogP contribution in [-0.4, -0.2) is 32.4 Å². The van der Waals surface area contributed by atoms with Crippen LogP contribution in [0.2, 0.25) is 0 Å². The molecule has 0 unspecified atom stereocenters. The molecule has 1 aromatic rings. The van der Waals surface area contributed by atoms with Gasteiger partial charge in [-0.1, -0.05) is 0 Å². The fourth-order valence-electron chi connectivity index (χ4n) is 0.614. The van der Waals surface area contributed by atoms with E-state index < -0.39 is 18.3 Å². The van der Waals surface area contributed by atoms with Gasteiger partial charge in [0, 0.05) is 0 Å². The lowest BCUT2D eigenvalue weighted by atomic mass is 10.2. The summed E-state index contributed by atoms with van der Waals surface area (Å²) in [5.41, 5.74) is -0.0811. The van der Waals surface area contributed by atoms with Crippen LogP contribution in [0.4, 0.5) is 8.78 Å². The third-order valence-electron chi connectivity index (χ3n) is 1.18. The second-order valence-electron chi connectivity index (χ2n) is 2.15. The molecule has 0 saturated carbocycles. The van der Waals surface area contributed by atoms with Gasteiger partial charge < -0.3 is 5.11 Å². The molecule has 0 spiro atoms. The summed E-state index contributed by atoms with van der Waals surface area (Å²) in [6.07, 6.45) is 0.107. The van der Waals surface area contributed by atoms with Crippen molar-refractivity contribution in [1.82, 2.24) is 15.4 Å². The molecule has 12 heavy (non-hydrogen) atoms. The number of carbonyl (C=O) groups is 1. The maximum atomic E-state index is 12.4. The van der Waals surface area contributed by atoms with E-state index in [9.17, 15) is 13.6 Å². The molecule has 0 saturated heterocycles. The van der Waals surface area contributed by atoms with E-state index in [1.165, 1.54) is 0 Å². The van der Waals surface area contributed by atoms with E-state index in [2.05, 4.69) is 15.4 Å². The van der Waals surface area contributed by atoms with Crippen LogP contribution in [-0.2, 0) is 11.2 Å². The third-order valence-corrected chi connectivity index (χ3v) is 1.18. The van der Waals surface area contributed by atoms with E-state index in [0.717, 1.165) is 6.20 Å². The summed E-state index contributed by atoms with van der Waals surface area (Å²) in [6.45, 7) is 0. The largest absolute Gasteiger partial charge is 0.477 e. The van der Waals surface area contributed by atoms with E-state index >= 15 is 0 Å². The molecule has 2 N–H and O–H groups in total. The van der Waals surface area contributed by atoms with E-state index in [1.54, 1.807) is 0 Å². The van der Waals surface area contributed by atoms with E-state index in [1.807, 2.05) is 0 Å². The topological polar surface area (TPSA) is 78.9 Å². The lowest BCUT2D eigenvalue weighted by Gasteiger charge is -2.07. The molecule has 1 aromatic heterocycles. The van der Waals surface area contributed by atoms with Gasteiger partial charge in [0.15, 0.2) is 0 Å². The Morgan fingerprint density at radius 2 is 2.42 bits per heavy atom. The molecular weight excluding hydrogens is 172 g/mol. The molecule has 0 amide bonds. The van der Waals surface area contributed by atoms with Gasteiger partial charge in [0.05, 0.1) is 18.3 Å². The molecule has 0 aliphatic rings. The predicted molar refractivity (Wildman–Crippen MR) is 32.7 cm³/mol. The zero-order chi connectivity index (χ0) is 9.19. The standard InChI is InChI=1S/C5H5F2N3O2/c6-5(7,4(11)12)1-3-2-8-10-9-3/h2H,1H2,(H,11,12)(H,8,9,10). The molecule has 0 radical (unpaired) electrons. The molecule has 7 heteroatoms. The van der Waals surface area contributed by atoms with Crippen LogP contribution in [0.15, 0.2) is 6.20 Å². The molecule has 0 aliphatic heterocycles. The first-order valence-electron chi connectivity index (χ1n) is 2.98. The predicted octanol–water partition coefficient (Wildman–Crippen LogP) is 0.0671. The van der Waals surface area contributed by atoms with E-state index in [4.69, 9.17) is 5.11 Å². The van der Waals surface area contributed by atoms with Crippen molar-refractivity contribution in [2.75, 3.05) is 0 Å². The first-order valence-corrected chi connectivity index (χ1v) is 2.98. The van der Waals surface area contributed by atoms with Crippen LogP contribution in [0.5, 0.6) is 0 Å². The van der Waals surface area contributed by atoms with Crippen molar-refractivity contribution in [3.8, 4) is 0 Å². The smallest absolute Gasteiger partial charge is 0.374 e. The Bertz CT molecular complexity index is 272. The average molecular weight is 177 g/mol. The second-order valence-corrected chi connectivity index (χ2v) is 2.15. The molecule has 1 heterocycles. The van der Waals surface area contributed by atoms with Crippen LogP contribution in [0.1, 0.15) is 5.69 Å².